The number of aromatic nitrogens is 1. The molecule has 0 atom stereocenters. The van der Waals surface area contributed by atoms with Crippen LogP contribution in [0.3, 0.4) is 0 Å². The van der Waals surface area contributed by atoms with Gasteiger partial charge in [0.25, 0.3) is 0 Å². The van der Waals surface area contributed by atoms with E-state index in [4.69, 9.17) is 5.11 Å². The molecule has 0 radical (unpaired) electrons. The van der Waals surface area contributed by atoms with E-state index in [9.17, 15) is 0 Å². The molecule has 0 spiro atoms. The Balaban J connectivity index is 2.25. The van der Waals surface area contributed by atoms with E-state index in [2.05, 4.69) is 9.88 Å². The van der Waals surface area contributed by atoms with Crippen LogP contribution in [0.15, 0.2) is 18.3 Å². The molecule has 3 nitrogen and oxygen atoms in total. The standard InChI is InChI=1S/C9H16N2O/c1-11(7-2-3-8-12)9-5-4-6-10-9/h4-6,10,12H,2-3,7-8H2,1H3. The average Bonchev–Trinajstić information content (AvgIpc) is 2.56. The molecule has 0 amide bonds. The summed E-state index contributed by atoms with van der Waals surface area (Å²) in [4.78, 5) is 5.28. The smallest absolute Gasteiger partial charge is 0.105 e. The second-order valence-corrected chi connectivity index (χ2v) is 2.91. The molecule has 3 heteroatoms. The third-order valence-electron chi connectivity index (χ3n) is 1.89. The fourth-order valence-corrected chi connectivity index (χ4v) is 1.14. The number of nitrogens with one attached hydrogen (secondary N) is 1. The lowest BCUT2D eigenvalue weighted by Crippen LogP contribution is -2.18. The van der Waals surface area contributed by atoms with Gasteiger partial charge in [-0.15, -0.1) is 0 Å². The normalized spacial score (nSPS) is 10.2. The van der Waals surface area contributed by atoms with Crippen LogP contribution in [0, 0.1) is 0 Å². The Bertz CT molecular complexity index is 196. The van der Waals surface area contributed by atoms with E-state index in [0.29, 0.717) is 6.61 Å². The van der Waals surface area contributed by atoms with Crippen molar-refractivity contribution in [2.24, 2.45) is 0 Å². The first kappa shape index (κ1) is 9.13. The highest BCUT2D eigenvalue weighted by molar-refractivity contribution is 5.36. The lowest BCUT2D eigenvalue weighted by atomic mass is 10.3. The molecule has 0 saturated heterocycles. The van der Waals surface area contributed by atoms with Gasteiger partial charge in [-0.2, -0.15) is 0 Å². The molecule has 1 aromatic heterocycles. The summed E-state index contributed by atoms with van der Waals surface area (Å²) in [5.41, 5.74) is 0. The summed E-state index contributed by atoms with van der Waals surface area (Å²) in [6.45, 7) is 1.28. The Hall–Kier alpha value is -0.960. The predicted molar refractivity (Wildman–Crippen MR) is 50.4 cm³/mol. The molecule has 0 fully saturated rings. The highest BCUT2D eigenvalue weighted by atomic mass is 16.2. The number of anilines is 1. The molecular weight excluding hydrogens is 152 g/mol. The largest absolute Gasteiger partial charge is 0.396 e. The quantitative estimate of drug-likeness (QED) is 0.649. The first-order valence-corrected chi connectivity index (χ1v) is 4.30. The number of aliphatic hydroxyl groups excluding tert-OH is 1. The van der Waals surface area contributed by atoms with Gasteiger partial charge >= 0.3 is 0 Å². The van der Waals surface area contributed by atoms with Crippen LogP contribution < -0.4 is 4.90 Å². The van der Waals surface area contributed by atoms with Crippen molar-refractivity contribution in [3.05, 3.63) is 18.3 Å². The van der Waals surface area contributed by atoms with Gasteiger partial charge in [-0.3, -0.25) is 0 Å². The zero-order chi connectivity index (χ0) is 8.81. The molecule has 0 aliphatic heterocycles. The topological polar surface area (TPSA) is 39.3 Å². The number of aliphatic hydroxyl groups is 1. The van der Waals surface area contributed by atoms with Gasteiger partial charge in [0.2, 0.25) is 0 Å². The van der Waals surface area contributed by atoms with Crippen LogP contribution in [0.25, 0.3) is 0 Å². The number of hydrogen-bond donors (Lipinski definition) is 2. The summed E-state index contributed by atoms with van der Waals surface area (Å²) in [6.07, 6.45) is 3.83. The summed E-state index contributed by atoms with van der Waals surface area (Å²) in [7, 11) is 2.04. The van der Waals surface area contributed by atoms with E-state index in [0.717, 1.165) is 25.2 Å². The van der Waals surface area contributed by atoms with Crippen LogP contribution in [0.4, 0.5) is 5.82 Å². The monoisotopic (exact) mass is 168 g/mol. The van der Waals surface area contributed by atoms with Gasteiger partial charge in [-0.25, -0.2) is 0 Å². The minimum Gasteiger partial charge on any atom is -0.396 e. The third-order valence-corrected chi connectivity index (χ3v) is 1.89. The highest BCUT2D eigenvalue weighted by Gasteiger charge is 1.98. The summed E-state index contributed by atoms with van der Waals surface area (Å²) in [5.74, 6) is 1.13. The Morgan fingerprint density at radius 3 is 2.92 bits per heavy atom. The summed E-state index contributed by atoms with van der Waals surface area (Å²) in [5, 5.41) is 8.58. The van der Waals surface area contributed by atoms with Crippen LogP contribution in [0.2, 0.25) is 0 Å². The maximum absolute atomic E-state index is 8.58. The molecule has 0 aliphatic rings. The molecular formula is C9H16N2O. The van der Waals surface area contributed by atoms with Gasteiger partial charge in [-0.1, -0.05) is 0 Å². The van der Waals surface area contributed by atoms with E-state index < -0.39 is 0 Å². The average molecular weight is 168 g/mol. The predicted octanol–water partition coefficient (Wildman–Crippen LogP) is 1.22. The van der Waals surface area contributed by atoms with Crippen molar-refractivity contribution in [3.63, 3.8) is 0 Å². The SMILES string of the molecule is CN(CCCCO)c1ccc[nH]1. The maximum Gasteiger partial charge on any atom is 0.105 e. The fraction of sp³-hybridized carbons (Fsp3) is 0.556. The fourth-order valence-electron chi connectivity index (χ4n) is 1.14. The summed E-state index contributed by atoms with van der Waals surface area (Å²) < 4.78 is 0. The van der Waals surface area contributed by atoms with Crippen LogP contribution in [0.5, 0.6) is 0 Å². The van der Waals surface area contributed by atoms with Crippen LogP contribution in [-0.2, 0) is 0 Å². The zero-order valence-corrected chi connectivity index (χ0v) is 7.45. The molecule has 12 heavy (non-hydrogen) atoms. The summed E-state index contributed by atoms with van der Waals surface area (Å²) in [6, 6.07) is 4.02. The molecule has 2 N–H and O–H groups in total. The van der Waals surface area contributed by atoms with Crippen molar-refractivity contribution in [3.8, 4) is 0 Å². The molecule has 1 rings (SSSR count). The molecule has 1 heterocycles. The van der Waals surface area contributed by atoms with Crippen LogP contribution >= 0.6 is 0 Å². The highest BCUT2D eigenvalue weighted by Crippen LogP contribution is 2.07. The van der Waals surface area contributed by atoms with Crippen molar-refractivity contribution < 1.29 is 5.11 Å². The zero-order valence-electron chi connectivity index (χ0n) is 7.45. The first-order valence-electron chi connectivity index (χ1n) is 4.30. The van der Waals surface area contributed by atoms with Crippen molar-refractivity contribution in [1.29, 1.82) is 0 Å². The van der Waals surface area contributed by atoms with Gasteiger partial charge in [-0.05, 0) is 25.0 Å². The Morgan fingerprint density at radius 2 is 2.33 bits per heavy atom. The molecule has 0 bridgehead atoms. The Morgan fingerprint density at radius 1 is 1.50 bits per heavy atom. The summed E-state index contributed by atoms with van der Waals surface area (Å²) >= 11 is 0. The number of H-pyrrole nitrogens is 1. The van der Waals surface area contributed by atoms with E-state index in [1.807, 2.05) is 25.4 Å². The van der Waals surface area contributed by atoms with Gasteiger partial charge in [0.15, 0.2) is 0 Å². The van der Waals surface area contributed by atoms with E-state index in [-0.39, 0.29) is 0 Å². The van der Waals surface area contributed by atoms with Crippen molar-refractivity contribution in [1.82, 2.24) is 4.98 Å². The van der Waals surface area contributed by atoms with Gasteiger partial charge < -0.3 is 15.0 Å². The maximum atomic E-state index is 8.58. The van der Waals surface area contributed by atoms with Crippen molar-refractivity contribution in [2.75, 3.05) is 25.1 Å². The lowest BCUT2D eigenvalue weighted by molar-refractivity contribution is 0.285. The van der Waals surface area contributed by atoms with E-state index >= 15 is 0 Å². The number of rotatable bonds is 5. The second-order valence-electron chi connectivity index (χ2n) is 2.91. The van der Waals surface area contributed by atoms with Crippen molar-refractivity contribution in [2.45, 2.75) is 12.8 Å². The number of hydrogen-bond acceptors (Lipinski definition) is 2. The van der Waals surface area contributed by atoms with E-state index in [1.54, 1.807) is 0 Å². The molecule has 0 saturated carbocycles. The molecule has 68 valence electrons. The number of nitrogens with zero attached hydrogens (tertiary/aromatic N) is 1. The van der Waals surface area contributed by atoms with Crippen LogP contribution in [-0.4, -0.2) is 30.3 Å². The van der Waals surface area contributed by atoms with E-state index in [1.165, 1.54) is 0 Å². The molecule has 1 aromatic rings. The lowest BCUT2D eigenvalue weighted by Gasteiger charge is -2.16. The second kappa shape index (κ2) is 4.83. The van der Waals surface area contributed by atoms with Gasteiger partial charge in [0, 0.05) is 26.4 Å². The minimum atomic E-state index is 0.290. The number of unbranched alkanes of at least 4 members (excludes halogenated alkanes) is 1. The van der Waals surface area contributed by atoms with Crippen molar-refractivity contribution >= 4 is 5.82 Å². The Labute approximate surface area is 73.0 Å². The van der Waals surface area contributed by atoms with Gasteiger partial charge in [0.1, 0.15) is 5.82 Å². The third kappa shape index (κ3) is 2.58. The molecule has 0 aliphatic carbocycles. The van der Waals surface area contributed by atoms with Gasteiger partial charge in [0.05, 0.1) is 0 Å². The Kier molecular flexibility index (Phi) is 3.67. The van der Waals surface area contributed by atoms with Crippen LogP contribution in [0.1, 0.15) is 12.8 Å². The minimum absolute atomic E-state index is 0.290. The first-order chi connectivity index (χ1) is 5.84. The molecule has 0 aromatic carbocycles. The number of aromatic amines is 1. The molecule has 0 unspecified atom stereocenters.